The van der Waals surface area contributed by atoms with Gasteiger partial charge in [0.05, 0.1) is 6.10 Å². The predicted molar refractivity (Wildman–Crippen MR) is 75.4 cm³/mol. The molecule has 0 bridgehead atoms. The molecule has 0 aromatic heterocycles. The molecule has 2 nitrogen and oxygen atoms in total. The van der Waals surface area contributed by atoms with Crippen molar-refractivity contribution in [2.75, 3.05) is 18.5 Å². The minimum absolute atomic E-state index is 0.415. The van der Waals surface area contributed by atoms with E-state index < -0.39 is 6.10 Å². The second-order valence-corrected chi connectivity index (χ2v) is 5.97. The van der Waals surface area contributed by atoms with Crippen molar-refractivity contribution in [1.29, 1.82) is 0 Å². The Bertz CT molecular complexity index is 388. The fourth-order valence-corrected chi connectivity index (χ4v) is 2.71. The van der Waals surface area contributed by atoms with Crippen LogP contribution in [0.1, 0.15) is 37.9 Å². The molecule has 1 atom stereocenters. The fourth-order valence-electron chi connectivity index (χ4n) is 2.36. The molecule has 0 amide bonds. The Morgan fingerprint density at radius 1 is 1.47 bits per heavy atom. The minimum atomic E-state index is -0.415. The van der Waals surface area contributed by atoms with Gasteiger partial charge in [0.25, 0.3) is 0 Å². The average Bonchev–Trinajstić information content (AvgIpc) is 2.22. The van der Waals surface area contributed by atoms with Crippen LogP contribution in [0.2, 0.25) is 0 Å². The summed E-state index contributed by atoms with van der Waals surface area (Å²) in [5, 5.41) is 9.81. The van der Waals surface area contributed by atoms with Crippen LogP contribution in [0.3, 0.4) is 0 Å². The molecule has 1 saturated carbocycles. The Kier molecular flexibility index (Phi) is 4.10. The molecular formula is C14H20BrNO. The SMILES string of the molecule is CC(O)c1ccc(Br)cc1N(C)CC1CCC1. The molecule has 1 aliphatic carbocycles. The lowest BCUT2D eigenvalue weighted by Gasteiger charge is -2.32. The lowest BCUT2D eigenvalue weighted by Crippen LogP contribution is -2.30. The number of hydrogen-bond acceptors (Lipinski definition) is 2. The highest BCUT2D eigenvalue weighted by Crippen LogP contribution is 2.32. The van der Waals surface area contributed by atoms with E-state index in [9.17, 15) is 5.11 Å². The molecule has 17 heavy (non-hydrogen) atoms. The van der Waals surface area contributed by atoms with Gasteiger partial charge in [-0.1, -0.05) is 28.4 Å². The van der Waals surface area contributed by atoms with Crippen LogP contribution in [-0.4, -0.2) is 18.7 Å². The Morgan fingerprint density at radius 3 is 2.71 bits per heavy atom. The Labute approximate surface area is 112 Å². The van der Waals surface area contributed by atoms with Gasteiger partial charge in [0.2, 0.25) is 0 Å². The molecule has 1 fully saturated rings. The van der Waals surface area contributed by atoms with Gasteiger partial charge in [0.1, 0.15) is 0 Å². The van der Waals surface area contributed by atoms with Crippen LogP contribution in [-0.2, 0) is 0 Å². The van der Waals surface area contributed by atoms with Crippen LogP contribution in [0.15, 0.2) is 22.7 Å². The molecule has 3 heteroatoms. The first-order chi connectivity index (χ1) is 8.08. The van der Waals surface area contributed by atoms with Gasteiger partial charge >= 0.3 is 0 Å². The number of nitrogens with zero attached hydrogens (tertiary/aromatic N) is 1. The normalized spacial score (nSPS) is 17.6. The molecule has 0 aliphatic heterocycles. The quantitative estimate of drug-likeness (QED) is 0.915. The molecule has 0 heterocycles. The zero-order valence-electron chi connectivity index (χ0n) is 10.5. The van der Waals surface area contributed by atoms with Crippen molar-refractivity contribution < 1.29 is 5.11 Å². The molecule has 1 aromatic carbocycles. The maximum atomic E-state index is 9.81. The van der Waals surface area contributed by atoms with Crippen LogP contribution in [0, 0.1) is 5.92 Å². The van der Waals surface area contributed by atoms with Crippen molar-refractivity contribution in [3.63, 3.8) is 0 Å². The number of benzene rings is 1. The number of aliphatic hydroxyl groups excluding tert-OH is 1. The van der Waals surface area contributed by atoms with E-state index >= 15 is 0 Å². The van der Waals surface area contributed by atoms with Gasteiger partial charge < -0.3 is 10.0 Å². The Hall–Kier alpha value is -0.540. The highest BCUT2D eigenvalue weighted by atomic mass is 79.9. The van der Waals surface area contributed by atoms with Gasteiger partial charge in [0, 0.05) is 29.3 Å². The predicted octanol–water partition coefficient (Wildman–Crippen LogP) is 3.74. The minimum Gasteiger partial charge on any atom is -0.389 e. The second-order valence-electron chi connectivity index (χ2n) is 5.06. The summed E-state index contributed by atoms with van der Waals surface area (Å²) in [6.07, 6.45) is 3.66. The zero-order chi connectivity index (χ0) is 12.4. The number of halogens is 1. The van der Waals surface area contributed by atoms with E-state index in [0.29, 0.717) is 0 Å². The van der Waals surface area contributed by atoms with Gasteiger partial charge in [-0.25, -0.2) is 0 Å². The molecule has 2 rings (SSSR count). The molecule has 0 radical (unpaired) electrons. The molecule has 1 unspecified atom stereocenters. The average molecular weight is 298 g/mol. The van der Waals surface area contributed by atoms with Crippen LogP contribution in [0.25, 0.3) is 0 Å². The third kappa shape index (κ3) is 3.02. The Balaban J connectivity index is 2.18. The lowest BCUT2D eigenvalue weighted by molar-refractivity contribution is 0.199. The largest absolute Gasteiger partial charge is 0.389 e. The van der Waals surface area contributed by atoms with Crippen molar-refractivity contribution in [1.82, 2.24) is 0 Å². The summed E-state index contributed by atoms with van der Waals surface area (Å²) < 4.78 is 1.07. The van der Waals surface area contributed by atoms with Crippen molar-refractivity contribution in [3.05, 3.63) is 28.2 Å². The summed E-state index contributed by atoms with van der Waals surface area (Å²) in [6.45, 7) is 2.92. The molecule has 94 valence electrons. The standard InChI is InChI=1S/C14H20BrNO/c1-10(17)13-7-6-12(15)8-14(13)16(2)9-11-4-3-5-11/h6-8,10-11,17H,3-5,9H2,1-2H3. The van der Waals surface area contributed by atoms with Gasteiger partial charge in [0.15, 0.2) is 0 Å². The summed E-state index contributed by atoms with van der Waals surface area (Å²) in [5.41, 5.74) is 2.15. The fraction of sp³-hybridized carbons (Fsp3) is 0.571. The van der Waals surface area contributed by atoms with Gasteiger partial charge in [-0.2, -0.15) is 0 Å². The second kappa shape index (κ2) is 5.40. The van der Waals surface area contributed by atoms with Crippen LogP contribution in [0.5, 0.6) is 0 Å². The maximum Gasteiger partial charge on any atom is 0.0782 e. The highest BCUT2D eigenvalue weighted by molar-refractivity contribution is 9.10. The molecular weight excluding hydrogens is 278 g/mol. The monoisotopic (exact) mass is 297 g/mol. The summed E-state index contributed by atoms with van der Waals surface area (Å²) in [4.78, 5) is 2.27. The highest BCUT2D eigenvalue weighted by Gasteiger charge is 2.21. The van der Waals surface area contributed by atoms with Gasteiger partial charge in [-0.15, -0.1) is 0 Å². The van der Waals surface area contributed by atoms with Crippen molar-refractivity contribution in [2.45, 2.75) is 32.3 Å². The Morgan fingerprint density at radius 2 is 2.18 bits per heavy atom. The van der Waals surface area contributed by atoms with Crippen molar-refractivity contribution >= 4 is 21.6 Å². The third-order valence-corrected chi connectivity index (χ3v) is 4.10. The van der Waals surface area contributed by atoms with E-state index in [4.69, 9.17) is 0 Å². The summed E-state index contributed by atoms with van der Waals surface area (Å²) in [6, 6.07) is 6.09. The lowest BCUT2D eigenvalue weighted by atomic mass is 9.85. The van der Waals surface area contributed by atoms with E-state index in [-0.39, 0.29) is 0 Å². The van der Waals surface area contributed by atoms with Crippen LogP contribution in [0.4, 0.5) is 5.69 Å². The summed E-state index contributed by atoms with van der Waals surface area (Å²) in [5.74, 6) is 0.834. The van der Waals surface area contributed by atoms with E-state index in [1.54, 1.807) is 0 Å². The zero-order valence-corrected chi connectivity index (χ0v) is 12.1. The van der Waals surface area contributed by atoms with E-state index in [1.807, 2.05) is 19.1 Å². The molecule has 1 aliphatic rings. The molecule has 1 N–H and O–H groups in total. The van der Waals surface area contributed by atoms with Crippen LogP contribution < -0.4 is 4.90 Å². The van der Waals surface area contributed by atoms with Gasteiger partial charge in [-0.3, -0.25) is 0 Å². The first-order valence-corrected chi connectivity index (χ1v) is 7.06. The van der Waals surface area contributed by atoms with Gasteiger partial charge in [-0.05, 0) is 37.8 Å². The number of aliphatic hydroxyl groups is 1. The third-order valence-electron chi connectivity index (χ3n) is 3.61. The van der Waals surface area contributed by atoms with Crippen LogP contribution >= 0.6 is 15.9 Å². The number of anilines is 1. The first kappa shape index (κ1) is 12.9. The topological polar surface area (TPSA) is 23.5 Å². The van der Waals surface area contributed by atoms with E-state index in [0.717, 1.165) is 28.2 Å². The smallest absolute Gasteiger partial charge is 0.0782 e. The molecule has 0 saturated heterocycles. The molecule has 1 aromatic rings. The molecule has 0 spiro atoms. The van der Waals surface area contributed by atoms with Crippen molar-refractivity contribution in [2.24, 2.45) is 5.92 Å². The van der Waals surface area contributed by atoms with E-state index in [1.165, 1.54) is 19.3 Å². The summed E-state index contributed by atoms with van der Waals surface area (Å²) in [7, 11) is 2.12. The number of rotatable bonds is 4. The maximum absolute atomic E-state index is 9.81. The summed E-state index contributed by atoms with van der Waals surface area (Å²) >= 11 is 3.50. The first-order valence-electron chi connectivity index (χ1n) is 6.26. The number of hydrogen-bond donors (Lipinski definition) is 1. The van der Waals surface area contributed by atoms with E-state index in [2.05, 4.69) is 33.9 Å². The van der Waals surface area contributed by atoms with Crippen molar-refractivity contribution in [3.8, 4) is 0 Å².